The van der Waals surface area contributed by atoms with E-state index in [1.807, 2.05) is 69.3 Å². The summed E-state index contributed by atoms with van der Waals surface area (Å²) in [7, 11) is 0. The number of aliphatic imine (C=N–C) groups is 1. The van der Waals surface area contributed by atoms with E-state index < -0.39 is 0 Å². The molecule has 1 heterocycles. The van der Waals surface area contributed by atoms with E-state index in [0.717, 1.165) is 40.2 Å². The van der Waals surface area contributed by atoms with E-state index in [1.54, 1.807) is 0 Å². The minimum atomic E-state index is -0.0808. The molecule has 3 N–H and O–H groups in total. The average Bonchev–Trinajstić information content (AvgIpc) is 3.18. The lowest BCUT2D eigenvalue weighted by molar-refractivity contribution is 0.280. The van der Waals surface area contributed by atoms with Crippen molar-refractivity contribution in [2.24, 2.45) is 4.99 Å². The molecule has 0 saturated heterocycles. The van der Waals surface area contributed by atoms with Gasteiger partial charge in [-0.15, -0.1) is 24.0 Å². The number of hydrogen-bond acceptors (Lipinski definition) is 4. The number of para-hydroxylation sites is 1. The minimum absolute atomic E-state index is 0. The van der Waals surface area contributed by atoms with E-state index in [9.17, 15) is 5.11 Å². The van der Waals surface area contributed by atoms with Gasteiger partial charge in [-0.1, -0.05) is 36.4 Å². The maximum atomic E-state index is 9.51. The summed E-state index contributed by atoms with van der Waals surface area (Å²) in [5.41, 5.74) is 2.66. The lowest BCUT2D eigenvalue weighted by atomic mass is 10.1. The fourth-order valence-corrected chi connectivity index (χ4v) is 3.17. The first kappa shape index (κ1) is 24.0. The Kier molecular flexibility index (Phi) is 9.45. The van der Waals surface area contributed by atoms with Gasteiger partial charge in [0.05, 0.1) is 25.8 Å². The number of aliphatic hydroxyl groups is 1. The van der Waals surface area contributed by atoms with Crippen molar-refractivity contribution in [1.29, 1.82) is 0 Å². The highest BCUT2D eigenvalue weighted by molar-refractivity contribution is 14.0. The molecule has 0 aliphatic rings. The number of fused-ring (bicyclic) bond motifs is 1. The number of ether oxygens (including phenoxy) is 1. The molecular formula is C23H30IN3O3. The summed E-state index contributed by atoms with van der Waals surface area (Å²) < 4.78 is 11.8. The molecule has 0 aliphatic carbocycles. The van der Waals surface area contributed by atoms with Gasteiger partial charge in [-0.05, 0) is 44.0 Å². The lowest BCUT2D eigenvalue weighted by Crippen LogP contribution is -2.38. The molecule has 1 aromatic heterocycles. The monoisotopic (exact) mass is 523 g/mol. The molecule has 7 heteroatoms. The van der Waals surface area contributed by atoms with Crippen molar-refractivity contribution >= 4 is 40.9 Å². The third-order valence-electron chi connectivity index (χ3n) is 4.65. The van der Waals surface area contributed by atoms with Crippen LogP contribution in [0.3, 0.4) is 0 Å². The number of hydrogen-bond donors (Lipinski definition) is 3. The van der Waals surface area contributed by atoms with E-state index in [2.05, 4.69) is 15.6 Å². The third-order valence-corrected chi connectivity index (χ3v) is 4.65. The number of guanidine groups is 1. The summed E-state index contributed by atoms with van der Waals surface area (Å²) in [5.74, 6) is 2.26. The molecule has 3 aromatic rings. The summed E-state index contributed by atoms with van der Waals surface area (Å²) >= 11 is 0. The highest BCUT2D eigenvalue weighted by Crippen LogP contribution is 2.31. The highest BCUT2D eigenvalue weighted by atomic mass is 127. The van der Waals surface area contributed by atoms with Gasteiger partial charge >= 0.3 is 0 Å². The predicted molar refractivity (Wildman–Crippen MR) is 132 cm³/mol. The molecule has 0 saturated carbocycles. The molecule has 0 amide bonds. The van der Waals surface area contributed by atoms with Crippen LogP contribution in [0.2, 0.25) is 0 Å². The topological polar surface area (TPSA) is 79.0 Å². The van der Waals surface area contributed by atoms with Crippen LogP contribution in [0.4, 0.5) is 0 Å². The van der Waals surface area contributed by atoms with Gasteiger partial charge in [-0.2, -0.15) is 0 Å². The van der Waals surface area contributed by atoms with Gasteiger partial charge in [0.15, 0.2) is 17.3 Å². The van der Waals surface area contributed by atoms with Crippen molar-refractivity contribution in [3.8, 4) is 5.75 Å². The van der Waals surface area contributed by atoms with Crippen LogP contribution in [0, 0.1) is 0 Å². The van der Waals surface area contributed by atoms with Crippen LogP contribution in [0.25, 0.3) is 11.0 Å². The molecule has 1 unspecified atom stereocenters. The Morgan fingerprint density at radius 1 is 1.13 bits per heavy atom. The predicted octanol–water partition coefficient (Wildman–Crippen LogP) is 4.76. The van der Waals surface area contributed by atoms with Crippen LogP contribution in [-0.2, 0) is 13.2 Å². The van der Waals surface area contributed by atoms with Gasteiger partial charge in [-0.25, -0.2) is 4.99 Å². The number of halogens is 1. The summed E-state index contributed by atoms with van der Waals surface area (Å²) in [6.45, 7) is 7.84. The van der Waals surface area contributed by atoms with Crippen LogP contribution in [0.15, 0.2) is 57.9 Å². The van der Waals surface area contributed by atoms with Crippen LogP contribution >= 0.6 is 24.0 Å². The Labute approximate surface area is 194 Å². The minimum Gasteiger partial charge on any atom is -0.490 e. The van der Waals surface area contributed by atoms with Crippen LogP contribution in [-0.4, -0.2) is 24.2 Å². The Balaban J connectivity index is 0.00000320. The molecule has 0 bridgehead atoms. The molecule has 1 atom stereocenters. The Morgan fingerprint density at radius 2 is 1.90 bits per heavy atom. The molecule has 0 aliphatic heterocycles. The van der Waals surface area contributed by atoms with Crippen LogP contribution < -0.4 is 15.4 Å². The molecule has 6 nitrogen and oxygen atoms in total. The number of nitrogens with one attached hydrogen (secondary N) is 2. The van der Waals surface area contributed by atoms with Gasteiger partial charge < -0.3 is 24.9 Å². The second kappa shape index (κ2) is 11.8. The standard InChI is InChI=1S/C23H29N3O3.HI/c1-4-24-23(25-14-18-9-6-7-10-19(18)15-27)26-16(3)21-13-17-11-8-12-20(28-5-2)22(17)29-21;/h6-13,16,27H,4-5,14-15H2,1-3H3,(H2,24,25,26);1H. The number of furan rings is 1. The fraction of sp³-hybridized carbons (Fsp3) is 0.348. The Morgan fingerprint density at radius 3 is 2.60 bits per heavy atom. The van der Waals surface area contributed by atoms with E-state index in [-0.39, 0.29) is 36.6 Å². The van der Waals surface area contributed by atoms with E-state index >= 15 is 0 Å². The van der Waals surface area contributed by atoms with Gasteiger partial charge in [0, 0.05) is 11.9 Å². The zero-order chi connectivity index (χ0) is 20.6. The highest BCUT2D eigenvalue weighted by Gasteiger charge is 2.15. The Bertz CT molecular complexity index is 971. The van der Waals surface area contributed by atoms with Gasteiger partial charge in [0.1, 0.15) is 5.76 Å². The molecule has 0 spiro atoms. The van der Waals surface area contributed by atoms with Crippen molar-refractivity contribution in [2.75, 3.05) is 13.2 Å². The summed E-state index contributed by atoms with van der Waals surface area (Å²) in [6.07, 6.45) is 0. The quantitative estimate of drug-likeness (QED) is 0.226. The van der Waals surface area contributed by atoms with Crippen molar-refractivity contribution in [3.05, 3.63) is 65.4 Å². The second-order valence-corrected chi connectivity index (χ2v) is 6.74. The van der Waals surface area contributed by atoms with E-state index in [4.69, 9.17) is 9.15 Å². The third kappa shape index (κ3) is 5.89. The van der Waals surface area contributed by atoms with Crippen molar-refractivity contribution < 1.29 is 14.3 Å². The first-order chi connectivity index (χ1) is 14.2. The van der Waals surface area contributed by atoms with Gasteiger partial charge in [0.2, 0.25) is 0 Å². The number of rotatable bonds is 8. The zero-order valence-electron chi connectivity index (χ0n) is 17.6. The smallest absolute Gasteiger partial charge is 0.192 e. The Hall–Kier alpha value is -2.26. The number of aliphatic hydroxyl groups excluding tert-OH is 1. The molecule has 2 aromatic carbocycles. The van der Waals surface area contributed by atoms with Crippen LogP contribution in [0.1, 0.15) is 43.7 Å². The van der Waals surface area contributed by atoms with Gasteiger partial charge in [0.25, 0.3) is 0 Å². The largest absolute Gasteiger partial charge is 0.490 e. The van der Waals surface area contributed by atoms with Gasteiger partial charge in [-0.3, -0.25) is 0 Å². The molecule has 3 rings (SSSR count). The van der Waals surface area contributed by atoms with Crippen molar-refractivity contribution in [3.63, 3.8) is 0 Å². The maximum absolute atomic E-state index is 9.51. The molecule has 30 heavy (non-hydrogen) atoms. The summed E-state index contributed by atoms with van der Waals surface area (Å²) in [4.78, 5) is 4.68. The van der Waals surface area contributed by atoms with Crippen molar-refractivity contribution in [2.45, 2.75) is 40.0 Å². The average molecular weight is 523 g/mol. The maximum Gasteiger partial charge on any atom is 0.192 e. The second-order valence-electron chi connectivity index (χ2n) is 6.74. The summed E-state index contributed by atoms with van der Waals surface area (Å²) in [5, 5.41) is 17.2. The fourth-order valence-electron chi connectivity index (χ4n) is 3.17. The van der Waals surface area contributed by atoms with E-state index in [1.165, 1.54) is 0 Å². The normalized spacial score (nSPS) is 12.3. The first-order valence-electron chi connectivity index (χ1n) is 10.0. The number of nitrogens with zero attached hydrogens (tertiary/aromatic N) is 1. The molecular weight excluding hydrogens is 493 g/mol. The van der Waals surface area contributed by atoms with E-state index in [0.29, 0.717) is 19.1 Å². The molecule has 162 valence electrons. The molecule has 0 radical (unpaired) electrons. The van der Waals surface area contributed by atoms with Crippen molar-refractivity contribution in [1.82, 2.24) is 10.6 Å². The number of benzene rings is 2. The first-order valence-corrected chi connectivity index (χ1v) is 10.0. The SMILES string of the molecule is CCNC(=NCc1ccccc1CO)NC(C)c1cc2cccc(OCC)c2o1.I. The molecule has 0 fully saturated rings. The van der Waals surface area contributed by atoms with Crippen LogP contribution in [0.5, 0.6) is 5.75 Å². The lowest BCUT2D eigenvalue weighted by Gasteiger charge is -2.16. The summed E-state index contributed by atoms with van der Waals surface area (Å²) in [6, 6.07) is 15.6. The zero-order valence-corrected chi connectivity index (χ0v) is 20.0.